The molecule has 0 aromatic rings. The van der Waals surface area contributed by atoms with Gasteiger partial charge in [-0.25, -0.2) is 9.59 Å². The van der Waals surface area contributed by atoms with Crippen LogP contribution >= 0.6 is 0 Å². The Bertz CT molecular complexity index is 609. The van der Waals surface area contributed by atoms with Crippen LogP contribution in [0.2, 0.25) is 0 Å². The first-order valence-corrected chi connectivity index (χ1v) is 8.30. The number of aliphatic imine (C=N–C) groups is 1. The van der Waals surface area contributed by atoms with Gasteiger partial charge in [0.2, 0.25) is 0 Å². The van der Waals surface area contributed by atoms with Gasteiger partial charge in [0.25, 0.3) is 0 Å². The summed E-state index contributed by atoms with van der Waals surface area (Å²) in [7, 11) is 0. The van der Waals surface area contributed by atoms with Crippen molar-refractivity contribution in [1.82, 2.24) is 4.90 Å². The number of nitrogens with two attached hydrogens (primary N) is 1. The lowest BCUT2D eigenvalue weighted by molar-refractivity contribution is -0.135. The molecule has 1 aliphatic heterocycles. The highest BCUT2D eigenvalue weighted by Crippen LogP contribution is 2.19. The molecule has 0 unspecified atom stereocenters. The average Bonchev–Trinajstić information content (AvgIpc) is 2.51. The monoisotopic (exact) mass is 349 g/mol. The standard InChI is InChI=1S/C18H27N3O4/c1-6-8-10-20-15(16(22)24-7-2)13-12-21(11-9-14(13)19)17(23)25-18(3,4)5/h1H,7-12,19H2,2-5H3. The molecule has 1 aliphatic rings. The maximum atomic E-state index is 12.3. The zero-order chi connectivity index (χ0) is 19.0. The van der Waals surface area contributed by atoms with Gasteiger partial charge in [0.15, 0.2) is 0 Å². The molecule has 7 nitrogen and oxygen atoms in total. The maximum absolute atomic E-state index is 12.3. The minimum atomic E-state index is -0.602. The van der Waals surface area contributed by atoms with Crippen LogP contribution in [0.25, 0.3) is 0 Å². The minimum absolute atomic E-state index is 0.128. The molecule has 0 bridgehead atoms. The molecule has 2 N–H and O–H groups in total. The molecule has 0 aromatic carbocycles. The van der Waals surface area contributed by atoms with Crippen molar-refractivity contribution < 1.29 is 19.1 Å². The lowest BCUT2D eigenvalue weighted by Gasteiger charge is -2.31. The third-order valence-corrected chi connectivity index (χ3v) is 3.32. The van der Waals surface area contributed by atoms with Crippen LogP contribution in [-0.2, 0) is 14.3 Å². The Morgan fingerprint density at radius 2 is 2.08 bits per heavy atom. The number of rotatable bonds is 5. The predicted molar refractivity (Wildman–Crippen MR) is 96.0 cm³/mol. The second-order valence-electron chi connectivity index (χ2n) is 6.56. The SMILES string of the molecule is C#CCCN=C(C(=O)OCC)C1=C(N)CCN(C(=O)OC(C)(C)C)C1. The maximum Gasteiger partial charge on any atom is 0.410 e. The molecule has 7 heteroatoms. The topological polar surface area (TPSA) is 94.2 Å². The van der Waals surface area contributed by atoms with Gasteiger partial charge in [0.1, 0.15) is 11.3 Å². The van der Waals surface area contributed by atoms with Crippen molar-refractivity contribution in [3.05, 3.63) is 11.3 Å². The van der Waals surface area contributed by atoms with Crippen molar-refractivity contribution in [2.24, 2.45) is 10.7 Å². The zero-order valence-corrected chi connectivity index (χ0v) is 15.4. The fraction of sp³-hybridized carbons (Fsp3) is 0.611. The van der Waals surface area contributed by atoms with E-state index in [2.05, 4.69) is 10.9 Å². The van der Waals surface area contributed by atoms with E-state index in [1.54, 1.807) is 27.7 Å². The molecule has 0 atom stereocenters. The Morgan fingerprint density at radius 3 is 2.64 bits per heavy atom. The number of esters is 1. The summed E-state index contributed by atoms with van der Waals surface area (Å²) >= 11 is 0. The first-order valence-electron chi connectivity index (χ1n) is 8.30. The van der Waals surface area contributed by atoms with Crippen molar-refractivity contribution in [2.75, 3.05) is 26.2 Å². The summed E-state index contributed by atoms with van der Waals surface area (Å²) in [6, 6.07) is 0. The average molecular weight is 349 g/mol. The summed E-state index contributed by atoms with van der Waals surface area (Å²) in [5.74, 6) is 1.90. The van der Waals surface area contributed by atoms with E-state index < -0.39 is 17.7 Å². The number of hydrogen-bond donors (Lipinski definition) is 1. The van der Waals surface area contributed by atoms with Gasteiger partial charge >= 0.3 is 12.1 Å². The highest BCUT2D eigenvalue weighted by molar-refractivity contribution is 6.43. The van der Waals surface area contributed by atoms with E-state index in [-0.39, 0.29) is 25.4 Å². The highest BCUT2D eigenvalue weighted by atomic mass is 16.6. The summed E-state index contributed by atoms with van der Waals surface area (Å²) in [5, 5.41) is 0. The van der Waals surface area contributed by atoms with Crippen LogP contribution < -0.4 is 5.73 Å². The summed E-state index contributed by atoms with van der Waals surface area (Å²) < 4.78 is 10.5. The molecule has 0 aromatic heterocycles. The summed E-state index contributed by atoms with van der Waals surface area (Å²) in [5.41, 5.74) is 6.62. The van der Waals surface area contributed by atoms with E-state index in [0.717, 1.165) is 0 Å². The van der Waals surface area contributed by atoms with Gasteiger partial charge in [-0.15, -0.1) is 12.3 Å². The number of carbonyl (C=O) groups excluding carboxylic acids is 2. The van der Waals surface area contributed by atoms with Crippen LogP contribution in [0.15, 0.2) is 16.3 Å². The summed E-state index contributed by atoms with van der Waals surface area (Å²) in [6.07, 6.45) is 5.61. The number of nitrogens with zero attached hydrogens (tertiary/aromatic N) is 2. The van der Waals surface area contributed by atoms with E-state index in [0.29, 0.717) is 30.7 Å². The zero-order valence-electron chi connectivity index (χ0n) is 15.4. The van der Waals surface area contributed by atoms with Crippen LogP contribution in [0.3, 0.4) is 0 Å². The molecule has 0 aliphatic carbocycles. The number of carbonyl (C=O) groups is 2. The first kappa shape index (κ1) is 20.6. The van der Waals surface area contributed by atoms with E-state index in [1.165, 1.54) is 4.90 Å². The fourth-order valence-electron chi connectivity index (χ4n) is 2.20. The second-order valence-corrected chi connectivity index (χ2v) is 6.56. The fourth-order valence-corrected chi connectivity index (χ4v) is 2.20. The van der Waals surface area contributed by atoms with Gasteiger partial charge in [-0.05, 0) is 27.7 Å². The van der Waals surface area contributed by atoms with Crippen molar-refractivity contribution in [1.29, 1.82) is 0 Å². The number of terminal acetylenes is 1. The Balaban J connectivity index is 3.03. The molecule has 1 heterocycles. The van der Waals surface area contributed by atoms with E-state index >= 15 is 0 Å². The highest BCUT2D eigenvalue weighted by Gasteiger charge is 2.30. The second kappa shape index (κ2) is 9.11. The molecule has 25 heavy (non-hydrogen) atoms. The third kappa shape index (κ3) is 6.49. The lowest BCUT2D eigenvalue weighted by atomic mass is 10.0. The van der Waals surface area contributed by atoms with Crippen molar-refractivity contribution in [3.8, 4) is 12.3 Å². The molecule has 1 rings (SSSR count). The lowest BCUT2D eigenvalue weighted by Crippen LogP contribution is -2.43. The summed E-state index contributed by atoms with van der Waals surface area (Å²) in [4.78, 5) is 30.3. The summed E-state index contributed by atoms with van der Waals surface area (Å²) in [6.45, 7) is 8.17. The molecular weight excluding hydrogens is 322 g/mol. The Morgan fingerprint density at radius 1 is 1.40 bits per heavy atom. The van der Waals surface area contributed by atoms with Gasteiger partial charge in [-0.2, -0.15) is 0 Å². The Labute approximate surface area is 149 Å². The first-order chi connectivity index (χ1) is 11.7. The van der Waals surface area contributed by atoms with Gasteiger partial charge in [0.05, 0.1) is 19.7 Å². The smallest absolute Gasteiger partial charge is 0.410 e. The Kier molecular flexibility index (Phi) is 7.49. The van der Waals surface area contributed by atoms with Gasteiger partial charge < -0.3 is 20.1 Å². The third-order valence-electron chi connectivity index (χ3n) is 3.32. The predicted octanol–water partition coefficient (Wildman–Crippen LogP) is 1.87. The molecule has 1 amide bonds. The molecule has 0 saturated carbocycles. The largest absolute Gasteiger partial charge is 0.461 e. The Hall–Kier alpha value is -2.49. The molecule has 0 saturated heterocycles. The molecule has 138 valence electrons. The van der Waals surface area contributed by atoms with E-state index in [9.17, 15) is 9.59 Å². The van der Waals surface area contributed by atoms with E-state index in [4.69, 9.17) is 21.6 Å². The van der Waals surface area contributed by atoms with Crippen LogP contribution in [0.4, 0.5) is 4.79 Å². The van der Waals surface area contributed by atoms with Crippen LogP contribution in [-0.4, -0.2) is 54.5 Å². The molecular formula is C18H27N3O4. The van der Waals surface area contributed by atoms with Crippen molar-refractivity contribution in [2.45, 2.75) is 46.1 Å². The van der Waals surface area contributed by atoms with Crippen LogP contribution in [0.1, 0.15) is 40.5 Å². The van der Waals surface area contributed by atoms with Crippen LogP contribution in [0.5, 0.6) is 0 Å². The van der Waals surface area contributed by atoms with E-state index in [1.807, 2.05) is 0 Å². The van der Waals surface area contributed by atoms with Crippen molar-refractivity contribution in [3.63, 3.8) is 0 Å². The molecule has 0 fully saturated rings. The molecule has 0 spiro atoms. The number of hydrogen-bond acceptors (Lipinski definition) is 6. The van der Waals surface area contributed by atoms with Gasteiger partial charge in [-0.3, -0.25) is 4.99 Å². The number of amides is 1. The quantitative estimate of drug-likeness (QED) is 0.354. The minimum Gasteiger partial charge on any atom is -0.461 e. The van der Waals surface area contributed by atoms with Gasteiger partial charge in [-0.1, -0.05) is 0 Å². The van der Waals surface area contributed by atoms with Crippen molar-refractivity contribution >= 4 is 17.8 Å². The normalized spacial score (nSPS) is 15.6. The molecule has 0 radical (unpaired) electrons. The van der Waals surface area contributed by atoms with Crippen LogP contribution in [0, 0.1) is 12.3 Å². The van der Waals surface area contributed by atoms with Gasteiger partial charge in [0, 0.05) is 30.7 Å². The number of ether oxygens (including phenoxy) is 2.